The van der Waals surface area contributed by atoms with Crippen LogP contribution in [0.15, 0.2) is 0 Å². The molecule has 0 bridgehead atoms. The van der Waals surface area contributed by atoms with Crippen LogP contribution in [-0.2, 0) is 14.3 Å². The molecule has 3 atom stereocenters. The second-order valence-corrected chi connectivity index (χ2v) is 6.49. The quantitative estimate of drug-likeness (QED) is 0.797. The fourth-order valence-electron chi connectivity index (χ4n) is 2.85. The third-order valence-corrected chi connectivity index (χ3v) is 4.27. The van der Waals surface area contributed by atoms with Gasteiger partial charge in [0, 0.05) is 25.0 Å². The number of Topliss-reactive ketones (excluding diaryl/α,β-unsaturated/α-hetero) is 1. The van der Waals surface area contributed by atoms with Gasteiger partial charge in [0.2, 0.25) is 5.91 Å². The Kier molecular flexibility index (Phi) is 5.71. The van der Waals surface area contributed by atoms with Crippen LogP contribution < -0.4 is 0 Å². The number of nitrogens with zero attached hydrogens (tertiary/aromatic N) is 1. The highest BCUT2D eigenvalue weighted by atomic mass is 16.5. The Morgan fingerprint density at radius 1 is 1.45 bits per heavy atom. The van der Waals surface area contributed by atoms with Gasteiger partial charge in [0.1, 0.15) is 5.78 Å². The number of hydrogen-bond donors (Lipinski definition) is 1. The molecule has 1 amide bonds. The third kappa shape index (κ3) is 3.79. The first kappa shape index (κ1) is 17.1. The van der Waals surface area contributed by atoms with E-state index in [9.17, 15) is 14.7 Å². The number of ketones is 1. The number of hydrogen-bond acceptors (Lipinski definition) is 4. The molecule has 1 N–H and O–H groups in total. The van der Waals surface area contributed by atoms with E-state index < -0.39 is 5.41 Å². The Morgan fingerprint density at radius 2 is 2.05 bits per heavy atom. The van der Waals surface area contributed by atoms with Gasteiger partial charge in [-0.1, -0.05) is 20.8 Å². The van der Waals surface area contributed by atoms with Gasteiger partial charge in [0.15, 0.2) is 0 Å². The first-order chi connectivity index (χ1) is 9.22. The fourth-order valence-corrected chi connectivity index (χ4v) is 2.85. The minimum absolute atomic E-state index is 0.01000. The molecule has 1 rings (SSSR count). The highest BCUT2D eigenvalue weighted by Crippen LogP contribution is 2.32. The number of methoxy groups -OCH3 is 1. The summed E-state index contributed by atoms with van der Waals surface area (Å²) < 4.78 is 5.30. The van der Waals surface area contributed by atoms with E-state index in [1.165, 1.54) is 0 Å². The van der Waals surface area contributed by atoms with Gasteiger partial charge in [-0.15, -0.1) is 0 Å². The lowest BCUT2D eigenvalue weighted by Gasteiger charge is -2.33. The summed E-state index contributed by atoms with van der Waals surface area (Å²) in [6.45, 7) is 7.59. The first-order valence-electron chi connectivity index (χ1n) is 7.18. The molecule has 0 spiro atoms. The number of aliphatic hydroxyl groups is 1. The molecule has 1 unspecified atom stereocenters. The number of amides is 1. The lowest BCUT2D eigenvalue weighted by molar-refractivity contribution is -0.143. The van der Waals surface area contributed by atoms with Crippen LogP contribution in [0.3, 0.4) is 0 Å². The van der Waals surface area contributed by atoms with Gasteiger partial charge in [-0.2, -0.15) is 0 Å². The lowest BCUT2D eigenvalue weighted by atomic mass is 9.80. The second kappa shape index (κ2) is 6.68. The summed E-state index contributed by atoms with van der Waals surface area (Å²) >= 11 is 0. The second-order valence-electron chi connectivity index (χ2n) is 6.49. The van der Waals surface area contributed by atoms with Crippen molar-refractivity contribution in [2.45, 2.75) is 52.7 Å². The topological polar surface area (TPSA) is 66.8 Å². The largest absolute Gasteiger partial charge is 0.394 e. The molecule has 0 aromatic heterocycles. The number of carbonyl (C=O) groups excluding carboxylic acids is 2. The van der Waals surface area contributed by atoms with Gasteiger partial charge in [0.05, 0.1) is 18.8 Å². The van der Waals surface area contributed by atoms with Gasteiger partial charge in [-0.05, 0) is 19.8 Å². The maximum absolute atomic E-state index is 12.7. The Hall–Kier alpha value is -0.940. The minimum atomic E-state index is -0.610. The normalized spacial score (nSPS) is 24.8. The highest BCUT2D eigenvalue weighted by molar-refractivity contribution is 5.84. The summed E-state index contributed by atoms with van der Waals surface area (Å²) in [6.07, 6.45) is 1.17. The van der Waals surface area contributed by atoms with Crippen molar-refractivity contribution in [2.24, 2.45) is 11.3 Å². The van der Waals surface area contributed by atoms with Crippen molar-refractivity contribution in [2.75, 3.05) is 20.3 Å². The molecule has 5 nitrogen and oxygen atoms in total. The number of aliphatic hydroxyl groups excluding tert-OH is 1. The van der Waals surface area contributed by atoms with Gasteiger partial charge >= 0.3 is 0 Å². The van der Waals surface area contributed by atoms with E-state index in [1.54, 1.807) is 18.9 Å². The number of rotatable bonds is 6. The van der Waals surface area contributed by atoms with E-state index >= 15 is 0 Å². The van der Waals surface area contributed by atoms with Crippen LogP contribution in [0, 0.1) is 11.3 Å². The zero-order chi connectivity index (χ0) is 15.5. The molecule has 0 aromatic carbocycles. The van der Waals surface area contributed by atoms with E-state index in [2.05, 4.69) is 0 Å². The van der Waals surface area contributed by atoms with Crippen LogP contribution in [0.5, 0.6) is 0 Å². The SMILES string of the molecule is CO[C@@H]1C[C@@H](CO)N(C(=O)C(C)(C)CC(C)C(C)=O)C1. The minimum Gasteiger partial charge on any atom is -0.394 e. The monoisotopic (exact) mass is 285 g/mol. The molecule has 5 heteroatoms. The van der Waals surface area contributed by atoms with Crippen molar-refractivity contribution in [3.63, 3.8) is 0 Å². The Labute approximate surface area is 121 Å². The fraction of sp³-hybridized carbons (Fsp3) is 0.867. The van der Waals surface area contributed by atoms with Crippen LogP contribution in [0.25, 0.3) is 0 Å². The molecule has 0 aromatic rings. The van der Waals surface area contributed by atoms with Crippen molar-refractivity contribution in [1.82, 2.24) is 4.90 Å². The first-order valence-corrected chi connectivity index (χ1v) is 7.18. The molecule has 0 saturated carbocycles. The van der Waals surface area contributed by atoms with Crippen LogP contribution in [0.1, 0.15) is 40.5 Å². The number of likely N-dealkylation sites (tertiary alicyclic amines) is 1. The average Bonchev–Trinajstić information content (AvgIpc) is 2.80. The van der Waals surface area contributed by atoms with Crippen LogP contribution in [0.2, 0.25) is 0 Å². The van der Waals surface area contributed by atoms with Crippen LogP contribution >= 0.6 is 0 Å². The molecular formula is C15H27NO4. The van der Waals surface area contributed by atoms with Crippen LogP contribution in [0.4, 0.5) is 0 Å². The maximum Gasteiger partial charge on any atom is 0.228 e. The molecule has 1 aliphatic heterocycles. The highest BCUT2D eigenvalue weighted by Gasteiger charge is 2.41. The van der Waals surface area contributed by atoms with E-state index in [-0.39, 0.29) is 36.4 Å². The Bertz CT molecular complexity index is 367. The molecule has 0 radical (unpaired) electrons. The van der Waals surface area contributed by atoms with Gasteiger partial charge < -0.3 is 14.7 Å². The summed E-state index contributed by atoms with van der Waals surface area (Å²) in [6, 6.07) is -0.181. The molecule has 0 aliphatic carbocycles. The van der Waals surface area contributed by atoms with E-state index in [4.69, 9.17) is 4.74 Å². The molecule has 20 heavy (non-hydrogen) atoms. The van der Waals surface area contributed by atoms with E-state index in [0.29, 0.717) is 19.4 Å². The summed E-state index contributed by atoms with van der Waals surface area (Å²) in [5.74, 6) is -0.0488. The third-order valence-electron chi connectivity index (χ3n) is 4.27. The maximum atomic E-state index is 12.7. The predicted octanol–water partition coefficient (Wildman–Crippen LogP) is 1.24. The molecule has 116 valence electrons. The van der Waals surface area contributed by atoms with Crippen molar-refractivity contribution >= 4 is 11.7 Å². The van der Waals surface area contributed by atoms with Gasteiger partial charge in [-0.25, -0.2) is 0 Å². The van der Waals surface area contributed by atoms with Crippen molar-refractivity contribution < 1.29 is 19.4 Å². The standard InChI is InChI=1S/C15H27NO4/c1-10(11(2)18)7-15(3,4)14(19)16-8-13(20-5)6-12(16)9-17/h10,12-13,17H,6-9H2,1-5H3/t10?,12-,13+/m0/s1. The summed E-state index contributed by atoms with van der Waals surface area (Å²) in [5.41, 5.74) is -0.610. The van der Waals surface area contributed by atoms with E-state index in [0.717, 1.165) is 0 Å². The van der Waals surface area contributed by atoms with Crippen LogP contribution in [-0.4, -0.2) is 54.1 Å². The lowest BCUT2D eigenvalue weighted by Crippen LogP contribution is -2.46. The predicted molar refractivity (Wildman–Crippen MR) is 76.2 cm³/mol. The van der Waals surface area contributed by atoms with Crippen molar-refractivity contribution in [1.29, 1.82) is 0 Å². The molecular weight excluding hydrogens is 258 g/mol. The summed E-state index contributed by atoms with van der Waals surface area (Å²) in [5, 5.41) is 9.43. The zero-order valence-corrected chi connectivity index (χ0v) is 13.2. The molecule has 1 aliphatic rings. The average molecular weight is 285 g/mol. The molecule has 1 heterocycles. The number of ether oxygens (including phenoxy) is 1. The van der Waals surface area contributed by atoms with E-state index in [1.807, 2.05) is 20.8 Å². The molecule has 1 saturated heterocycles. The van der Waals surface area contributed by atoms with Crippen molar-refractivity contribution in [3.8, 4) is 0 Å². The zero-order valence-electron chi connectivity index (χ0n) is 13.2. The summed E-state index contributed by atoms with van der Waals surface area (Å²) in [7, 11) is 1.62. The van der Waals surface area contributed by atoms with Gasteiger partial charge in [-0.3, -0.25) is 9.59 Å². The number of carbonyl (C=O) groups is 2. The van der Waals surface area contributed by atoms with Crippen molar-refractivity contribution in [3.05, 3.63) is 0 Å². The molecule has 1 fully saturated rings. The Morgan fingerprint density at radius 3 is 2.50 bits per heavy atom. The Balaban J connectivity index is 2.79. The smallest absolute Gasteiger partial charge is 0.228 e. The van der Waals surface area contributed by atoms with Gasteiger partial charge in [0.25, 0.3) is 0 Å². The summed E-state index contributed by atoms with van der Waals surface area (Å²) in [4.78, 5) is 25.8.